The smallest absolute Gasteiger partial charge is 0.269 e. The molecule has 94 valence electrons. The summed E-state index contributed by atoms with van der Waals surface area (Å²) in [7, 11) is 1.94. The van der Waals surface area contributed by atoms with E-state index < -0.39 is 5.91 Å². The summed E-state index contributed by atoms with van der Waals surface area (Å²) in [4.78, 5) is 12.8. The van der Waals surface area contributed by atoms with Crippen LogP contribution in [0.2, 0.25) is 0 Å². The molecule has 0 aromatic carbocycles. The Morgan fingerprint density at radius 1 is 1.29 bits per heavy atom. The Hall–Kier alpha value is -1.69. The van der Waals surface area contributed by atoms with Crippen molar-refractivity contribution in [1.82, 2.24) is 10.2 Å². The molecule has 0 spiro atoms. The zero-order valence-electron chi connectivity index (χ0n) is 10.1. The van der Waals surface area contributed by atoms with Crippen molar-refractivity contribution in [2.24, 2.45) is 11.5 Å². The van der Waals surface area contributed by atoms with Gasteiger partial charge in [-0.05, 0) is 31.5 Å². The number of amides is 1. The predicted molar refractivity (Wildman–Crippen MR) is 66.7 cm³/mol. The summed E-state index contributed by atoms with van der Waals surface area (Å²) < 4.78 is 0. The Labute approximate surface area is 101 Å². The highest BCUT2D eigenvalue weighted by Gasteiger charge is 2.06. The highest BCUT2D eigenvalue weighted by atomic mass is 16.1. The lowest BCUT2D eigenvalue weighted by molar-refractivity contribution is 0.0994. The molecule has 0 bridgehead atoms. The summed E-state index contributed by atoms with van der Waals surface area (Å²) in [5.74, 6) is 0.178. The number of rotatable bonds is 7. The third kappa shape index (κ3) is 4.36. The second-order valence-corrected chi connectivity index (χ2v) is 3.91. The SMILES string of the molecule is CN(CCCCCN)c1ccc(C(N)=O)nn1. The van der Waals surface area contributed by atoms with Gasteiger partial charge in [0.05, 0.1) is 0 Å². The third-order valence-electron chi connectivity index (χ3n) is 2.49. The molecule has 1 amide bonds. The Bertz CT molecular complexity index is 351. The van der Waals surface area contributed by atoms with Crippen LogP contribution in [0, 0.1) is 0 Å². The van der Waals surface area contributed by atoms with Crippen LogP contribution in [0.3, 0.4) is 0 Å². The first-order valence-corrected chi connectivity index (χ1v) is 5.70. The van der Waals surface area contributed by atoms with E-state index in [1.54, 1.807) is 12.1 Å². The van der Waals surface area contributed by atoms with Crippen molar-refractivity contribution in [3.05, 3.63) is 17.8 Å². The van der Waals surface area contributed by atoms with E-state index >= 15 is 0 Å². The zero-order chi connectivity index (χ0) is 12.7. The van der Waals surface area contributed by atoms with E-state index in [4.69, 9.17) is 11.5 Å². The molecule has 1 aromatic rings. The van der Waals surface area contributed by atoms with E-state index in [-0.39, 0.29) is 5.69 Å². The standard InChI is InChI=1S/C11H19N5O/c1-16(8-4-2-3-7-12)10-6-5-9(11(13)17)14-15-10/h5-6H,2-4,7-8,12H2,1H3,(H2,13,17). The van der Waals surface area contributed by atoms with Crippen LogP contribution in [0.4, 0.5) is 5.82 Å². The third-order valence-corrected chi connectivity index (χ3v) is 2.49. The van der Waals surface area contributed by atoms with E-state index in [9.17, 15) is 4.79 Å². The quantitative estimate of drug-likeness (QED) is 0.657. The minimum Gasteiger partial charge on any atom is -0.364 e. The van der Waals surface area contributed by atoms with Crippen molar-refractivity contribution in [2.75, 3.05) is 25.0 Å². The van der Waals surface area contributed by atoms with Crippen molar-refractivity contribution < 1.29 is 4.79 Å². The number of hydrogen-bond donors (Lipinski definition) is 2. The number of aromatic nitrogens is 2. The first-order chi connectivity index (χ1) is 8.15. The topological polar surface area (TPSA) is 98.1 Å². The predicted octanol–water partition coefficient (Wildman–Crippen LogP) is 0.141. The van der Waals surface area contributed by atoms with Gasteiger partial charge in [0.25, 0.3) is 5.91 Å². The van der Waals surface area contributed by atoms with Gasteiger partial charge in [-0.15, -0.1) is 10.2 Å². The summed E-state index contributed by atoms with van der Waals surface area (Å²) in [6.45, 7) is 1.63. The molecule has 0 atom stereocenters. The first-order valence-electron chi connectivity index (χ1n) is 5.70. The molecule has 1 aromatic heterocycles. The molecule has 1 rings (SSSR count). The van der Waals surface area contributed by atoms with E-state index in [0.29, 0.717) is 0 Å². The Morgan fingerprint density at radius 2 is 2.06 bits per heavy atom. The summed E-state index contributed by atoms with van der Waals surface area (Å²) in [6, 6.07) is 3.33. The number of carbonyl (C=O) groups excluding carboxylic acids is 1. The van der Waals surface area contributed by atoms with Crippen LogP contribution in [-0.4, -0.2) is 36.2 Å². The van der Waals surface area contributed by atoms with E-state index in [1.807, 2.05) is 11.9 Å². The number of anilines is 1. The van der Waals surface area contributed by atoms with Gasteiger partial charge in [0, 0.05) is 13.6 Å². The van der Waals surface area contributed by atoms with E-state index in [2.05, 4.69) is 10.2 Å². The first kappa shape index (κ1) is 13.4. The van der Waals surface area contributed by atoms with Gasteiger partial charge in [-0.25, -0.2) is 0 Å². The van der Waals surface area contributed by atoms with Crippen LogP contribution in [0.15, 0.2) is 12.1 Å². The van der Waals surface area contributed by atoms with Crippen molar-refractivity contribution in [1.29, 1.82) is 0 Å². The highest BCUT2D eigenvalue weighted by molar-refractivity contribution is 5.90. The van der Waals surface area contributed by atoms with Gasteiger partial charge in [0.2, 0.25) is 0 Å². The fourth-order valence-electron chi connectivity index (χ4n) is 1.44. The molecule has 6 nitrogen and oxygen atoms in total. The maximum atomic E-state index is 10.8. The van der Waals surface area contributed by atoms with E-state index in [1.165, 1.54) is 0 Å². The molecule has 1 heterocycles. The average Bonchev–Trinajstić information content (AvgIpc) is 2.34. The van der Waals surface area contributed by atoms with Crippen LogP contribution >= 0.6 is 0 Å². The van der Waals surface area contributed by atoms with Crippen LogP contribution in [-0.2, 0) is 0 Å². The van der Waals surface area contributed by atoms with Crippen molar-refractivity contribution in [3.8, 4) is 0 Å². The molecule has 17 heavy (non-hydrogen) atoms. The molecular weight excluding hydrogens is 218 g/mol. The van der Waals surface area contributed by atoms with Crippen molar-refractivity contribution in [3.63, 3.8) is 0 Å². The second kappa shape index (κ2) is 6.80. The van der Waals surface area contributed by atoms with Crippen LogP contribution in [0.1, 0.15) is 29.8 Å². The summed E-state index contributed by atoms with van der Waals surface area (Å²) >= 11 is 0. The maximum absolute atomic E-state index is 10.8. The van der Waals surface area contributed by atoms with Gasteiger partial charge >= 0.3 is 0 Å². The fraction of sp³-hybridized carbons (Fsp3) is 0.545. The molecule has 0 aliphatic rings. The van der Waals surface area contributed by atoms with Gasteiger partial charge in [-0.3, -0.25) is 4.79 Å². The summed E-state index contributed by atoms with van der Waals surface area (Å²) in [5.41, 5.74) is 10.7. The van der Waals surface area contributed by atoms with Gasteiger partial charge < -0.3 is 16.4 Å². The number of hydrogen-bond acceptors (Lipinski definition) is 5. The monoisotopic (exact) mass is 237 g/mol. The second-order valence-electron chi connectivity index (χ2n) is 3.91. The Balaban J connectivity index is 2.46. The van der Waals surface area contributed by atoms with E-state index in [0.717, 1.165) is 38.2 Å². The fourth-order valence-corrected chi connectivity index (χ4v) is 1.44. The number of nitrogens with zero attached hydrogens (tertiary/aromatic N) is 3. The molecule has 0 unspecified atom stereocenters. The number of carbonyl (C=O) groups is 1. The normalized spacial score (nSPS) is 10.2. The number of nitrogens with two attached hydrogens (primary N) is 2. The minimum absolute atomic E-state index is 0.185. The van der Waals surface area contributed by atoms with Crippen molar-refractivity contribution in [2.45, 2.75) is 19.3 Å². The molecule has 0 radical (unpaired) electrons. The Morgan fingerprint density at radius 3 is 2.59 bits per heavy atom. The molecule has 0 aliphatic heterocycles. The number of unbranched alkanes of at least 4 members (excludes halogenated alkanes) is 2. The molecule has 0 fully saturated rings. The van der Waals surface area contributed by atoms with Gasteiger partial charge in [-0.2, -0.15) is 0 Å². The van der Waals surface area contributed by atoms with Gasteiger partial charge in [0.1, 0.15) is 0 Å². The lowest BCUT2D eigenvalue weighted by Gasteiger charge is -2.17. The molecular formula is C11H19N5O. The molecule has 0 saturated heterocycles. The Kier molecular flexibility index (Phi) is 5.35. The maximum Gasteiger partial charge on any atom is 0.269 e. The highest BCUT2D eigenvalue weighted by Crippen LogP contribution is 2.08. The van der Waals surface area contributed by atoms with Crippen molar-refractivity contribution >= 4 is 11.7 Å². The largest absolute Gasteiger partial charge is 0.364 e. The lowest BCUT2D eigenvalue weighted by atomic mass is 10.2. The zero-order valence-corrected chi connectivity index (χ0v) is 10.1. The molecule has 0 aliphatic carbocycles. The minimum atomic E-state index is -0.561. The van der Waals surface area contributed by atoms with Gasteiger partial charge in [-0.1, -0.05) is 6.42 Å². The van der Waals surface area contributed by atoms with Gasteiger partial charge in [0.15, 0.2) is 11.5 Å². The van der Waals surface area contributed by atoms with Crippen LogP contribution in [0.5, 0.6) is 0 Å². The summed E-state index contributed by atoms with van der Waals surface area (Å²) in [5, 5.41) is 7.71. The molecule has 6 heteroatoms. The molecule has 4 N–H and O–H groups in total. The number of primary amides is 1. The van der Waals surface area contributed by atoms with Crippen LogP contribution < -0.4 is 16.4 Å². The molecule has 0 saturated carbocycles. The summed E-state index contributed by atoms with van der Waals surface area (Å²) in [6.07, 6.45) is 3.21. The lowest BCUT2D eigenvalue weighted by Crippen LogP contribution is -2.21. The average molecular weight is 237 g/mol. The van der Waals surface area contributed by atoms with Crippen LogP contribution in [0.25, 0.3) is 0 Å².